The largest absolute Gasteiger partial charge is 0.418 e. The smallest absolute Gasteiger partial charge is 0.403 e. The summed E-state index contributed by atoms with van der Waals surface area (Å²) in [5, 5.41) is 13.3. The first kappa shape index (κ1) is 24.7. The molecule has 0 N–H and O–H groups in total. The highest BCUT2D eigenvalue weighted by atomic mass is 79.9. The van der Waals surface area contributed by atoms with Gasteiger partial charge in [0.2, 0.25) is 5.89 Å². The third kappa shape index (κ3) is 4.18. The molecule has 12 heteroatoms. The van der Waals surface area contributed by atoms with E-state index in [1.165, 1.54) is 11.8 Å². The Morgan fingerprint density at radius 1 is 1.09 bits per heavy atom. The van der Waals surface area contributed by atoms with Crippen molar-refractivity contribution in [1.82, 2.24) is 20.0 Å². The van der Waals surface area contributed by atoms with Crippen LogP contribution in [0.5, 0.6) is 0 Å². The SMILES string of the molecule is CSc1c(-c2nnc(C3(C(F)(F)F)CCC3)o2)nn(-c2ccc(Cl)cc2Cl)c1-c1ccc(Br)cc1. The minimum Gasteiger partial charge on any atom is -0.418 e. The van der Waals surface area contributed by atoms with Crippen molar-refractivity contribution in [3.63, 3.8) is 0 Å². The fourth-order valence-electron chi connectivity index (χ4n) is 4.09. The average molecular weight is 604 g/mol. The molecule has 2 aromatic carbocycles. The van der Waals surface area contributed by atoms with Crippen LogP contribution in [-0.4, -0.2) is 32.4 Å². The molecule has 1 fully saturated rings. The van der Waals surface area contributed by atoms with E-state index in [4.69, 9.17) is 32.7 Å². The lowest BCUT2D eigenvalue weighted by atomic mass is 9.68. The summed E-state index contributed by atoms with van der Waals surface area (Å²) >= 11 is 17.4. The van der Waals surface area contributed by atoms with Crippen molar-refractivity contribution < 1.29 is 17.6 Å². The van der Waals surface area contributed by atoms with E-state index in [2.05, 4.69) is 26.1 Å². The Hall–Kier alpha value is -2.01. The van der Waals surface area contributed by atoms with Crippen LogP contribution in [0.3, 0.4) is 0 Å². The first-order chi connectivity index (χ1) is 16.6. The fourth-order valence-corrected chi connectivity index (χ4v) is 5.56. The molecular formula is C23H16BrCl2F3N4OS. The van der Waals surface area contributed by atoms with E-state index < -0.39 is 17.5 Å². The lowest BCUT2D eigenvalue weighted by Gasteiger charge is -2.39. The number of thioether (sulfide) groups is 1. The van der Waals surface area contributed by atoms with Crippen LogP contribution in [0.4, 0.5) is 13.2 Å². The van der Waals surface area contributed by atoms with Gasteiger partial charge >= 0.3 is 6.18 Å². The number of halogens is 6. The van der Waals surface area contributed by atoms with E-state index >= 15 is 0 Å². The molecule has 0 radical (unpaired) electrons. The molecule has 2 heterocycles. The van der Waals surface area contributed by atoms with Crippen LogP contribution < -0.4 is 0 Å². The minimum absolute atomic E-state index is 0.0769. The predicted octanol–water partition coefficient (Wildman–Crippen LogP) is 8.36. The summed E-state index contributed by atoms with van der Waals surface area (Å²) in [4.78, 5) is 0.656. The van der Waals surface area contributed by atoms with Crippen LogP contribution in [0, 0.1) is 0 Å². The van der Waals surface area contributed by atoms with Crippen LogP contribution >= 0.6 is 50.9 Å². The highest BCUT2D eigenvalue weighted by Crippen LogP contribution is 2.54. The van der Waals surface area contributed by atoms with E-state index in [9.17, 15) is 13.2 Å². The Kier molecular flexibility index (Phi) is 6.44. The van der Waals surface area contributed by atoms with Crippen LogP contribution in [0.2, 0.25) is 10.0 Å². The Morgan fingerprint density at radius 2 is 1.80 bits per heavy atom. The number of hydrogen-bond donors (Lipinski definition) is 0. The van der Waals surface area contributed by atoms with Gasteiger partial charge in [0.1, 0.15) is 5.41 Å². The van der Waals surface area contributed by atoms with Gasteiger partial charge in [0.05, 0.1) is 21.3 Å². The maximum Gasteiger partial charge on any atom is 0.403 e. The molecule has 182 valence electrons. The standard InChI is InChI=1S/C23H16BrCl2F3N4OS/c1-35-19-17(20-30-31-21(34-20)22(9-2-10-22)23(27,28)29)32-33(16-8-7-14(25)11-15(16)26)18(19)12-3-5-13(24)6-4-12/h3-8,11H,2,9-10H2,1H3. The van der Waals surface area contributed by atoms with Gasteiger partial charge in [-0.25, -0.2) is 4.68 Å². The molecule has 0 saturated heterocycles. The number of alkyl halides is 3. The number of hydrogen-bond acceptors (Lipinski definition) is 5. The summed E-state index contributed by atoms with van der Waals surface area (Å²) in [6, 6.07) is 12.6. The van der Waals surface area contributed by atoms with Crippen molar-refractivity contribution in [2.75, 3.05) is 6.26 Å². The summed E-state index contributed by atoms with van der Waals surface area (Å²) < 4.78 is 49.7. The van der Waals surface area contributed by atoms with Gasteiger partial charge in [-0.2, -0.15) is 18.3 Å². The van der Waals surface area contributed by atoms with Crippen molar-refractivity contribution in [3.8, 4) is 28.5 Å². The Bertz CT molecular complexity index is 1400. The van der Waals surface area contributed by atoms with Gasteiger partial charge in [-0.05, 0) is 49.4 Å². The van der Waals surface area contributed by atoms with Gasteiger partial charge in [-0.3, -0.25) is 0 Å². The molecule has 0 spiro atoms. The molecule has 0 bridgehead atoms. The van der Waals surface area contributed by atoms with Gasteiger partial charge in [-0.15, -0.1) is 22.0 Å². The highest BCUT2D eigenvalue weighted by molar-refractivity contribution is 9.10. The van der Waals surface area contributed by atoms with E-state index in [0.717, 1.165) is 10.0 Å². The van der Waals surface area contributed by atoms with Crippen molar-refractivity contribution >= 4 is 50.9 Å². The maximum absolute atomic E-state index is 13.8. The summed E-state index contributed by atoms with van der Waals surface area (Å²) in [5.41, 5.74) is 0.206. The molecule has 4 aromatic rings. The molecule has 0 amide bonds. The van der Waals surface area contributed by atoms with Crippen molar-refractivity contribution in [2.24, 2.45) is 0 Å². The summed E-state index contributed by atoms with van der Waals surface area (Å²) in [6.07, 6.45) is -2.34. The Balaban J connectivity index is 1.71. The molecule has 1 aliphatic carbocycles. The highest BCUT2D eigenvalue weighted by Gasteiger charge is 2.63. The third-order valence-corrected chi connectivity index (χ3v) is 7.95. The van der Waals surface area contributed by atoms with Crippen molar-refractivity contribution in [3.05, 3.63) is 62.9 Å². The number of rotatable bonds is 5. The van der Waals surface area contributed by atoms with Gasteiger partial charge in [0.15, 0.2) is 5.69 Å². The zero-order valence-electron chi connectivity index (χ0n) is 18.0. The van der Waals surface area contributed by atoms with Gasteiger partial charge in [0.25, 0.3) is 5.89 Å². The lowest BCUT2D eigenvalue weighted by Crippen LogP contribution is -2.48. The fraction of sp³-hybridized carbons (Fsp3) is 0.261. The normalized spacial score (nSPS) is 15.3. The molecule has 35 heavy (non-hydrogen) atoms. The molecule has 0 atom stereocenters. The molecule has 5 rings (SSSR count). The van der Waals surface area contributed by atoms with Crippen LogP contribution in [-0.2, 0) is 5.41 Å². The summed E-state index contributed by atoms with van der Waals surface area (Å²) in [5.74, 6) is -0.510. The lowest BCUT2D eigenvalue weighted by molar-refractivity contribution is -0.219. The van der Waals surface area contributed by atoms with Crippen LogP contribution in [0.25, 0.3) is 28.5 Å². The maximum atomic E-state index is 13.8. The second-order valence-corrected chi connectivity index (χ2v) is 10.7. The first-order valence-electron chi connectivity index (χ1n) is 10.4. The monoisotopic (exact) mass is 602 g/mol. The van der Waals surface area contributed by atoms with Gasteiger partial charge < -0.3 is 4.42 Å². The van der Waals surface area contributed by atoms with Crippen molar-refractivity contribution in [2.45, 2.75) is 35.7 Å². The van der Waals surface area contributed by atoms with Crippen LogP contribution in [0.15, 0.2) is 56.2 Å². The minimum atomic E-state index is -4.48. The topological polar surface area (TPSA) is 56.7 Å². The Labute approximate surface area is 221 Å². The molecule has 0 unspecified atom stereocenters. The number of nitrogens with zero attached hydrogens (tertiary/aromatic N) is 4. The number of aromatic nitrogens is 4. The third-order valence-electron chi connectivity index (χ3n) is 6.09. The van der Waals surface area contributed by atoms with Crippen LogP contribution in [0.1, 0.15) is 25.2 Å². The van der Waals surface area contributed by atoms with Gasteiger partial charge in [-0.1, -0.05) is 57.7 Å². The quantitative estimate of drug-likeness (QED) is 0.215. The second kappa shape index (κ2) is 9.14. The summed E-state index contributed by atoms with van der Waals surface area (Å²) in [6.45, 7) is 0. The molecule has 0 aliphatic heterocycles. The zero-order chi connectivity index (χ0) is 25.0. The van der Waals surface area contributed by atoms with Crippen molar-refractivity contribution in [1.29, 1.82) is 0 Å². The van der Waals surface area contributed by atoms with E-state index in [1.54, 1.807) is 22.9 Å². The molecule has 5 nitrogen and oxygen atoms in total. The molecular weight excluding hydrogens is 588 g/mol. The second-order valence-electron chi connectivity index (χ2n) is 8.09. The number of benzene rings is 2. The van der Waals surface area contributed by atoms with E-state index in [0.29, 0.717) is 32.7 Å². The molecule has 1 aliphatic rings. The zero-order valence-corrected chi connectivity index (χ0v) is 22.0. The van der Waals surface area contributed by atoms with Gasteiger partial charge in [0, 0.05) is 15.1 Å². The molecule has 2 aromatic heterocycles. The molecule has 1 saturated carbocycles. The Morgan fingerprint density at radius 3 is 2.37 bits per heavy atom. The average Bonchev–Trinajstić information content (AvgIpc) is 3.37. The first-order valence-corrected chi connectivity index (χ1v) is 13.2. The predicted molar refractivity (Wildman–Crippen MR) is 133 cm³/mol. The van der Waals surface area contributed by atoms with E-state index in [1.807, 2.05) is 30.5 Å². The summed E-state index contributed by atoms with van der Waals surface area (Å²) in [7, 11) is 0. The van der Waals surface area contributed by atoms with E-state index in [-0.39, 0.29) is 24.4 Å².